The Morgan fingerprint density at radius 2 is 1.90 bits per heavy atom. The number of hydrogen-bond donors (Lipinski definition) is 1. The minimum absolute atomic E-state index is 0.0960. The third-order valence-electron chi connectivity index (χ3n) is 3.03. The smallest absolute Gasteiger partial charge is 0.160 e. The molecule has 0 bridgehead atoms. The first-order valence-electron chi connectivity index (χ1n) is 6.31. The van der Waals surface area contributed by atoms with Gasteiger partial charge in [-0.1, -0.05) is 6.07 Å². The van der Waals surface area contributed by atoms with Gasteiger partial charge in [0.25, 0.3) is 0 Å². The van der Waals surface area contributed by atoms with Gasteiger partial charge in [0.15, 0.2) is 11.5 Å². The fourth-order valence-electron chi connectivity index (χ4n) is 2.10. The molecule has 1 unspecified atom stereocenters. The van der Waals surface area contributed by atoms with Crippen molar-refractivity contribution in [3.63, 3.8) is 0 Å². The molecule has 5 heteroatoms. The number of nitrogens with two attached hydrogens (primary N) is 1. The van der Waals surface area contributed by atoms with Crippen LogP contribution in [0.1, 0.15) is 10.4 Å². The first-order valence-corrected chi connectivity index (χ1v) is 7.99. The zero-order valence-electron chi connectivity index (χ0n) is 11.6. The van der Waals surface area contributed by atoms with E-state index < -0.39 is 0 Å². The van der Waals surface area contributed by atoms with Gasteiger partial charge < -0.3 is 15.2 Å². The van der Waals surface area contributed by atoms with Crippen LogP contribution in [0.15, 0.2) is 34.1 Å². The van der Waals surface area contributed by atoms with Gasteiger partial charge in [-0.05, 0) is 52.5 Å². The van der Waals surface area contributed by atoms with E-state index in [2.05, 4.69) is 27.4 Å². The van der Waals surface area contributed by atoms with Crippen LogP contribution in [-0.4, -0.2) is 20.3 Å². The van der Waals surface area contributed by atoms with Gasteiger partial charge in [0.1, 0.15) is 0 Å². The van der Waals surface area contributed by atoms with Gasteiger partial charge in [-0.25, -0.2) is 0 Å². The van der Waals surface area contributed by atoms with E-state index in [4.69, 9.17) is 15.2 Å². The number of hydrogen-bond acceptors (Lipinski definition) is 4. The summed E-state index contributed by atoms with van der Waals surface area (Å²) in [7, 11) is 3.28. The Morgan fingerprint density at radius 1 is 1.15 bits per heavy atom. The lowest BCUT2D eigenvalue weighted by Crippen LogP contribution is -2.25. The molecule has 2 rings (SSSR count). The van der Waals surface area contributed by atoms with Crippen LogP contribution in [0.25, 0.3) is 0 Å². The summed E-state index contributed by atoms with van der Waals surface area (Å²) in [4.78, 5) is 1.30. The third kappa shape index (κ3) is 3.98. The largest absolute Gasteiger partial charge is 0.493 e. The Kier molecular flexibility index (Phi) is 5.46. The van der Waals surface area contributed by atoms with Crippen molar-refractivity contribution in [2.75, 3.05) is 14.2 Å². The molecular formula is C15H18BrNO2S. The molecule has 3 nitrogen and oxygen atoms in total. The average Bonchev–Trinajstić information content (AvgIpc) is 2.83. The van der Waals surface area contributed by atoms with Gasteiger partial charge in [-0.15, -0.1) is 11.3 Å². The predicted molar refractivity (Wildman–Crippen MR) is 86.9 cm³/mol. The highest BCUT2D eigenvalue weighted by atomic mass is 79.9. The molecule has 20 heavy (non-hydrogen) atoms. The van der Waals surface area contributed by atoms with Crippen LogP contribution in [0.4, 0.5) is 0 Å². The van der Waals surface area contributed by atoms with E-state index in [1.54, 1.807) is 25.6 Å². The molecule has 0 amide bonds. The lowest BCUT2D eigenvalue weighted by Gasteiger charge is -2.13. The molecule has 108 valence electrons. The molecule has 1 atom stereocenters. The minimum atomic E-state index is 0.0960. The monoisotopic (exact) mass is 355 g/mol. The van der Waals surface area contributed by atoms with Gasteiger partial charge >= 0.3 is 0 Å². The molecule has 1 aromatic heterocycles. The Labute approximate surface area is 131 Å². The molecule has 1 heterocycles. The van der Waals surface area contributed by atoms with E-state index in [0.717, 1.165) is 34.4 Å². The van der Waals surface area contributed by atoms with Crippen molar-refractivity contribution in [2.24, 2.45) is 5.73 Å². The summed E-state index contributed by atoms with van der Waals surface area (Å²) in [5.41, 5.74) is 7.39. The zero-order valence-corrected chi connectivity index (χ0v) is 14.0. The van der Waals surface area contributed by atoms with Gasteiger partial charge in [0.2, 0.25) is 0 Å². The standard InChI is InChI=1S/C15H18BrNO2S/c1-18-14-4-3-10(6-15(14)19-2)5-12(17)8-13-7-11(16)9-20-13/h3-4,6-7,9,12H,5,8,17H2,1-2H3. The van der Waals surface area contributed by atoms with Crippen LogP contribution in [0.2, 0.25) is 0 Å². The van der Waals surface area contributed by atoms with Crippen LogP contribution in [-0.2, 0) is 12.8 Å². The maximum absolute atomic E-state index is 6.23. The van der Waals surface area contributed by atoms with Crippen LogP contribution in [0.3, 0.4) is 0 Å². The van der Waals surface area contributed by atoms with E-state index >= 15 is 0 Å². The molecule has 2 aromatic rings. The average molecular weight is 356 g/mol. The molecule has 2 N–H and O–H groups in total. The van der Waals surface area contributed by atoms with Crippen molar-refractivity contribution < 1.29 is 9.47 Å². The summed E-state index contributed by atoms with van der Waals surface area (Å²) in [6, 6.07) is 8.16. The van der Waals surface area contributed by atoms with E-state index in [-0.39, 0.29) is 6.04 Å². The molecular weight excluding hydrogens is 338 g/mol. The third-order valence-corrected chi connectivity index (χ3v) is 4.75. The van der Waals surface area contributed by atoms with Crippen LogP contribution >= 0.6 is 27.3 Å². The second-order valence-electron chi connectivity index (χ2n) is 4.59. The van der Waals surface area contributed by atoms with Crippen molar-refractivity contribution in [1.29, 1.82) is 0 Å². The Bertz CT molecular complexity index is 571. The Morgan fingerprint density at radius 3 is 2.50 bits per heavy atom. The minimum Gasteiger partial charge on any atom is -0.493 e. The van der Waals surface area contributed by atoms with Crippen LogP contribution < -0.4 is 15.2 Å². The first-order chi connectivity index (χ1) is 9.62. The Hall–Kier alpha value is -1.04. The summed E-state index contributed by atoms with van der Waals surface area (Å²) in [6.07, 6.45) is 1.69. The molecule has 0 aliphatic carbocycles. The summed E-state index contributed by atoms with van der Waals surface area (Å²) in [5, 5.41) is 2.08. The quantitative estimate of drug-likeness (QED) is 0.860. The molecule has 0 aliphatic heterocycles. The molecule has 0 saturated heterocycles. The van der Waals surface area contributed by atoms with E-state index in [1.165, 1.54) is 4.88 Å². The van der Waals surface area contributed by atoms with E-state index in [9.17, 15) is 0 Å². The topological polar surface area (TPSA) is 44.5 Å². The second-order valence-corrected chi connectivity index (χ2v) is 6.50. The fraction of sp³-hybridized carbons (Fsp3) is 0.333. The normalized spacial score (nSPS) is 12.2. The number of rotatable bonds is 6. The van der Waals surface area contributed by atoms with Crippen molar-refractivity contribution in [3.8, 4) is 11.5 Å². The summed E-state index contributed by atoms with van der Waals surface area (Å²) in [6.45, 7) is 0. The van der Waals surface area contributed by atoms with Gasteiger partial charge in [-0.2, -0.15) is 0 Å². The summed E-state index contributed by atoms with van der Waals surface area (Å²) in [5.74, 6) is 1.49. The molecule has 0 radical (unpaired) electrons. The maximum Gasteiger partial charge on any atom is 0.160 e. The number of thiophene rings is 1. The summed E-state index contributed by atoms with van der Waals surface area (Å²) >= 11 is 5.19. The first kappa shape index (κ1) is 15.4. The number of halogens is 1. The Balaban J connectivity index is 2.02. The predicted octanol–water partition coefficient (Wildman–Crippen LogP) is 3.64. The number of methoxy groups -OCH3 is 2. The zero-order chi connectivity index (χ0) is 14.5. The van der Waals surface area contributed by atoms with Gasteiger partial charge in [0.05, 0.1) is 14.2 Å². The van der Waals surface area contributed by atoms with Crippen molar-refractivity contribution >= 4 is 27.3 Å². The van der Waals surface area contributed by atoms with E-state index in [1.807, 2.05) is 18.2 Å². The SMILES string of the molecule is COc1ccc(CC(N)Cc2cc(Br)cs2)cc1OC. The van der Waals surface area contributed by atoms with E-state index in [0.29, 0.717) is 0 Å². The number of ether oxygens (including phenoxy) is 2. The highest BCUT2D eigenvalue weighted by Crippen LogP contribution is 2.28. The van der Waals surface area contributed by atoms with Crippen LogP contribution in [0.5, 0.6) is 11.5 Å². The molecule has 0 aliphatic rings. The van der Waals surface area contributed by atoms with Crippen molar-refractivity contribution in [1.82, 2.24) is 0 Å². The maximum atomic E-state index is 6.23. The van der Waals surface area contributed by atoms with Gasteiger partial charge in [-0.3, -0.25) is 0 Å². The molecule has 0 saturated carbocycles. The highest BCUT2D eigenvalue weighted by molar-refractivity contribution is 9.10. The molecule has 0 spiro atoms. The van der Waals surface area contributed by atoms with Crippen molar-refractivity contribution in [2.45, 2.75) is 18.9 Å². The van der Waals surface area contributed by atoms with Crippen molar-refractivity contribution in [3.05, 3.63) is 44.6 Å². The highest BCUT2D eigenvalue weighted by Gasteiger charge is 2.10. The molecule has 0 fully saturated rings. The lowest BCUT2D eigenvalue weighted by atomic mass is 10.0. The van der Waals surface area contributed by atoms with Gasteiger partial charge in [0, 0.05) is 20.8 Å². The number of benzene rings is 1. The summed E-state index contributed by atoms with van der Waals surface area (Å²) < 4.78 is 11.7. The second kappa shape index (κ2) is 7.11. The van der Waals surface area contributed by atoms with Crippen LogP contribution in [0, 0.1) is 0 Å². The lowest BCUT2D eigenvalue weighted by molar-refractivity contribution is 0.354. The fourth-order valence-corrected chi connectivity index (χ4v) is 3.65. The molecule has 1 aromatic carbocycles.